The van der Waals surface area contributed by atoms with Crippen LogP contribution >= 0.6 is 23.2 Å². The number of aryl methyl sites for hydroxylation is 1. The average Bonchev–Trinajstić information content (AvgIpc) is 3.07. The maximum atomic E-state index is 6.49. The van der Waals surface area contributed by atoms with Crippen LogP contribution in [0.2, 0.25) is 10.0 Å². The van der Waals surface area contributed by atoms with Crippen molar-refractivity contribution in [2.24, 2.45) is 5.92 Å². The van der Waals surface area contributed by atoms with Crippen molar-refractivity contribution in [2.75, 3.05) is 18.0 Å². The van der Waals surface area contributed by atoms with Crippen molar-refractivity contribution >= 4 is 34.7 Å². The Bertz CT molecular complexity index is 965. The van der Waals surface area contributed by atoms with Crippen LogP contribution in [-0.4, -0.2) is 27.5 Å². The van der Waals surface area contributed by atoms with E-state index in [0.717, 1.165) is 55.0 Å². The highest BCUT2D eigenvalue weighted by atomic mass is 35.5. The summed E-state index contributed by atoms with van der Waals surface area (Å²) in [6, 6.07) is 5.51. The van der Waals surface area contributed by atoms with E-state index in [4.69, 9.17) is 28.2 Å². The number of aromatic nitrogens is 3. The summed E-state index contributed by atoms with van der Waals surface area (Å²) in [4.78, 5) is 12.1. The van der Waals surface area contributed by atoms with Gasteiger partial charge in [-0.25, -0.2) is 4.98 Å². The Morgan fingerprint density at radius 2 is 1.93 bits per heavy atom. The molecule has 0 fully saturated rings. The Morgan fingerprint density at radius 1 is 1.14 bits per heavy atom. The first-order valence-corrected chi connectivity index (χ1v) is 11.3. The molecule has 0 aliphatic carbocycles. The molecule has 0 amide bonds. The third kappa shape index (κ3) is 4.87. The molecule has 0 N–H and O–H groups in total. The van der Waals surface area contributed by atoms with E-state index in [-0.39, 0.29) is 0 Å². The van der Waals surface area contributed by atoms with Crippen molar-refractivity contribution in [2.45, 2.75) is 53.4 Å². The van der Waals surface area contributed by atoms with Crippen LogP contribution < -0.4 is 4.90 Å². The fraction of sp³-hybridized carbons (Fsp3) is 0.478. The molecule has 0 spiro atoms. The van der Waals surface area contributed by atoms with E-state index >= 15 is 0 Å². The van der Waals surface area contributed by atoms with Crippen LogP contribution in [0.3, 0.4) is 0 Å². The third-order valence-electron chi connectivity index (χ3n) is 5.17. The van der Waals surface area contributed by atoms with Crippen molar-refractivity contribution in [3.05, 3.63) is 46.3 Å². The second-order valence-corrected chi connectivity index (χ2v) is 8.70. The van der Waals surface area contributed by atoms with E-state index in [1.807, 2.05) is 24.5 Å². The molecule has 2 heterocycles. The van der Waals surface area contributed by atoms with Crippen molar-refractivity contribution in [3.63, 3.8) is 0 Å². The molecule has 2 aromatic heterocycles. The molecule has 29 heavy (non-hydrogen) atoms. The van der Waals surface area contributed by atoms with Crippen LogP contribution in [0.1, 0.15) is 52.7 Å². The van der Waals surface area contributed by atoms with Crippen molar-refractivity contribution in [1.29, 1.82) is 0 Å². The minimum Gasteiger partial charge on any atom is -0.356 e. The van der Waals surface area contributed by atoms with E-state index in [0.29, 0.717) is 16.0 Å². The lowest BCUT2D eigenvalue weighted by atomic mass is 10.1. The van der Waals surface area contributed by atoms with Gasteiger partial charge in [-0.3, -0.25) is 9.38 Å². The van der Waals surface area contributed by atoms with Gasteiger partial charge in [0.05, 0.1) is 10.7 Å². The van der Waals surface area contributed by atoms with Gasteiger partial charge in [0.1, 0.15) is 11.5 Å². The molecule has 0 aliphatic rings. The smallest absolute Gasteiger partial charge is 0.165 e. The topological polar surface area (TPSA) is 33.4 Å². The molecule has 0 saturated carbocycles. The summed E-state index contributed by atoms with van der Waals surface area (Å²) < 4.78 is 2.18. The molecule has 0 unspecified atom stereocenters. The Kier molecular flexibility index (Phi) is 7.42. The van der Waals surface area contributed by atoms with Crippen molar-refractivity contribution in [1.82, 2.24) is 14.4 Å². The largest absolute Gasteiger partial charge is 0.356 e. The predicted octanol–water partition coefficient (Wildman–Crippen LogP) is 6.92. The fourth-order valence-corrected chi connectivity index (χ4v) is 4.04. The average molecular weight is 433 g/mol. The highest BCUT2D eigenvalue weighted by Crippen LogP contribution is 2.34. The van der Waals surface area contributed by atoms with E-state index in [2.05, 4.69) is 42.0 Å². The lowest BCUT2D eigenvalue weighted by molar-refractivity contribution is 0.562. The van der Waals surface area contributed by atoms with Crippen LogP contribution in [-0.2, 0) is 6.42 Å². The number of anilines is 1. The standard InChI is InChI=1S/C23H30Cl2N4/c1-5-7-12-28(13-10-16(3)4)23-20(6-2)27-22-21(26-11-14-29(22)23)18-9-8-17(24)15-19(18)25/h8-9,11,14-16H,5-7,10,12-13H2,1-4H3. The Morgan fingerprint density at radius 3 is 2.59 bits per heavy atom. The number of hydrogen-bond acceptors (Lipinski definition) is 3. The molecule has 0 aliphatic heterocycles. The van der Waals surface area contributed by atoms with Crippen LogP contribution in [0.5, 0.6) is 0 Å². The van der Waals surface area contributed by atoms with Crippen molar-refractivity contribution < 1.29 is 0 Å². The normalized spacial score (nSPS) is 11.6. The van der Waals surface area contributed by atoms with Crippen LogP contribution in [0.4, 0.5) is 5.82 Å². The van der Waals surface area contributed by atoms with E-state index in [9.17, 15) is 0 Å². The SMILES string of the molecule is CCCCN(CCC(C)C)c1c(CC)nc2c(-c3ccc(Cl)cc3Cl)nccn12. The van der Waals surface area contributed by atoms with Gasteiger partial charge in [-0.15, -0.1) is 0 Å². The minimum atomic E-state index is 0.586. The van der Waals surface area contributed by atoms with E-state index < -0.39 is 0 Å². The van der Waals surface area contributed by atoms with Crippen LogP contribution in [0, 0.1) is 5.92 Å². The summed E-state index contributed by atoms with van der Waals surface area (Å²) in [6.07, 6.45) is 8.20. The maximum absolute atomic E-state index is 6.49. The number of rotatable bonds is 9. The molecule has 6 heteroatoms. The zero-order valence-corrected chi connectivity index (χ0v) is 19.3. The Balaban J connectivity index is 2.14. The highest BCUT2D eigenvalue weighted by molar-refractivity contribution is 6.36. The summed E-state index contributed by atoms with van der Waals surface area (Å²) >= 11 is 12.6. The van der Waals surface area contributed by atoms with Crippen molar-refractivity contribution in [3.8, 4) is 11.3 Å². The number of halogens is 2. The summed E-state index contributed by atoms with van der Waals surface area (Å²) in [6.45, 7) is 11.0. The molecule has 3 aromatic rings. The molecule has 1 aromatic carbocycles. The van der Waals surface area contributed by atoms with Gasteiger partial charge in [-0.2, -0.15) is 0 Å². The lowest BCUT2D eigenvalue weighted by Gasteiger charge is -2.26. The molecule has 0 atom stereocenters. The lowest BCUT2D eigenvalue weighted by Crippen LogP contribution is -2.28. The monoisotopic (exact) mass is 432 g/mol. The van der Waals surface area contributed by atoms with Gasteiger partial charge in [0.15, 0.2) is 5.65 Å². The fourth-order valence-electron chi connectivity index (χ4n) is 3.54. The number of hydrogen-bond donors (Lipinski definition) is 0. The number of benzene rings is 1. The summed E-state index contributed by atoms with van der Waals surface area (Å²) in [7, 11) is 0. The van der Waals surface area contributed by atoms with E-state index in [1.54, 1.807) is 6.07 Å². The second kappa shape index (κ2) is 9.82. The number of unbranched alkanes of at least 4 members (excludes halogenated alkanes) is 1. The maximum Gasteiger partial charge on any atom is 0.165 e. The molecule has 0 radical (unpaired) electrons. The number of fused-ring (bicyclic) bond motifs is 1. The molecule has 156 valence electrons. The van der Waals surface area contributed by atoms with Crippen LogP contribution in [0.15, 0.2) is 30.6 Å². The molecule has 4 nitrogen and oxygen atoms in total. The molecule has 3 rings (SSSR count). The Hall–Kier alpha value is -1.78. The van der Waals surface area contributed by atoms with Gasteiger partial charge in [0.2, 0.25) is 0 Å². The van der Waals surface area contributed by atoms with Gasteiger partial charge in [-0.1, -0.05) is 57.3 Å². The van der Waals surface area contributed by atoms with Crippen LogP contribution in [0.25, 0.3) is 16.9 Å². The second-order valence-electron chi connectivity index (χ2n) is 7.85. The Labute approximate surface area is 183 Å². The first kappa shape index (κ1) is 21.9. The highest BCUT2D eigenvalue weighted by Gasteiger charge is 2.21. The first-order valence-electron chi connectivity index (χ1n) is 10.5. The molecular weight excluding hydrogens is 403 g/mol. The van der Waals surface area contributed by atoms with Gasteiger partial charge in [0.25, 0.3) is 0 Å². The van der Waals surface area contributed by atoms with Gasteiger partial charge in [-0.05, 0) is 43.4 Å². The molecular formula is C23H30Cl2N4. The molecule has 0 bridgehead atoms. The zero-order valence-electron chi connectivity index (χ0n) is 17.8. The van der Waals surface area contributed by atoms with Gasteiger partial charge in [0, 0.05) is 36.1 Å². The molecule has 0 saturated heterocycles. The summed E-state index contributed by atoms with van der Waals surface area (Å²) in [5, 5.41) is 1.20. The summed E-state index contributed by atoms with van der Waals surface area (Å²) in [5.74, 6) is 1.85. The van der Waals surface area contributed by atoms with E-state index in [1.165, 1.54) is 12.2 Å². The summed E-state index contributed by atoms with van der Waals surface area (Å²) in [5.41, 5.74) is 3.58. The third-order valence-corrected chi connectivity index (χ3v) is 5.71. The van der Waals surface area contributed by atoms with Gasteiger partial charge >= 0.3 is 0 Å². The van der Waals surface area contributed by atoms with Gasteiger partial charge < -0.3 is 4.90 Å². The minimum absolute atomic E-state index is 0.586. The first-order chi connectivity index (χ1) is 14.0. The number of imidazole rings is 1. The predicted molar refractivity (Wildman–Crippen MR) is 124 cm³/mol. The number of nitrogens with zero attached hydrogens (tertiary/aromatic N) is 4. The quantitative estimate of drug-likeness (QED) is 0.367. The zero-order chi connectivity index (χ0) is 21.0.